The lowest BCUT2D eigenvalue weighted by Gasteiger charge is -2.05. The molecule has 0 saturated heterocycles. The van der Waals surface area contributed by atoms with Gasteiger partial charge in [-0.2, -0.15) is 5.10 Å². The van der Waals surface area contributed by atoms with Gasteiger partial charge in [-0.3, -0.25) is 19.7 Å². The van der Waals surface area contributed by atoms with Crippen LogP contribution >= 0.6 is 11.3 Å². The van der Waals surface area contributed by atoms with E-state index in [0.717, 1.165) is 17.8 Å². The first kappa shape index (κ1) is 15.0. The van der Waals surface area contributed by atoms with Gasteiger partial charge in [-0.15, -0.1) is 11.3 Å². The van der Waals surface area contributed by atoms with Crippen LogP contribution in [0.3, 0.4) is 0 Å². The molecule has 0 radical (unpaired) electrons. The molecule has 0 bridgehead atoms. The SMILES string of the molecule is CCCn1nc(C(=O)Nc2nc(C(C)=O)cs2)ccc1=O. The van der Waals surface area contributed by atoms with E-state index < -0.39 is 5.91 Å². The molecule has 21 heavy (non-hydrogen) atoms. The molecule has 8 heteroatoms. The van der Waals surface area contributed by atoms with Gasteiger partial charge in [0.2, 0.25) is 0 Å². The Morgan fingerprint density at radius 1 is 1.33 bits per heavy atom. The number of carbonyl (C=O) groups excluding carboxylic acids is 2. The molecule has 0 unspecified atom stereocenters. The third-order valence-corrected chi connectivity index (χ3v) is 3.38. The molecule has 0 spiro atoms. The van der Waals surface area contributed by atoms with Crippen LogP contribution in [-0.4, -0.2) is 26.5 Å². The first-order valence-electron chi connectivity index (χ1n) is 6.37. The van der Waals surface area contributed by atoms with Crippen LogP contribution in [-0.2, 0) is 6.54 Å². The fourth-order valence-corrected chi connectivity index (χ4v) is 2.34. The van der Waals surface area contributed by atoms with Gasteiger partial charge in [-0.05, 0) is 12.5 Å². The lowest BCUT2D eigenvalue weighted by Crippen LogP contribution is -2.26. The molecule has 0 saturated carbocycles. The molecule has 1 N–H and O–H groups in total. The predicted octanol–water partition coefficient (Wildman–Crippen LogP) is 1.56. The van der Waals surface area contributed by atoms with Crippen molar-refractivity contribution >= 4 is 28.2 Å². The Kier molecular flexibility index (Phi) is 4.59. The lowest BCUT2D eigenvalue weighted by molar-refractivity contribution is 0.100. The third kappa shape index (κ3) is 3.60. The number of anilines is 1. The smallest absolute Gasteiger partial charge is 0.277 e. The van der Waals surface area contributed by atoms with Crippen molar-refractivity contribution in [2.24, 2.45) is 0 Å². The van der Waals surface area contributed by atoms with Crippen LogP contribution in [0.2, 0.25) is 0 Å². The lowest BCUT2D eigenvalue weighted by atomic mass is 10.3. The monoisotopic (exact) mass is 306 g/mol. The maximum atomic E-state index is 12.1. The van der Waals surface area contributed by atoms with E-state index in [-0.39, 0.29) is 17.0 Å². The molecule has 7 nitrogen and oxygen atoms in total. The van der Waals surface area contributed by atoms with Gasteiger partial charge in [-0.25, -0.2) is 9.67 Å². The number of ketones is 1. The quantitative estimate of drug-likeness (QED) is 0.846. The zero-order chi connectivity index (χ0) is 15.4. The number of hydrogen-bond donors (Lipinski definition) is 1. The van der Waals surface area contributed by atoms with Crippen molar-refractivity contribution in [2.75, 3.05) is 5.32 Å². The molecule has 0 fully saturated rings. The molecule has 0 aliphatic carbocycles. The van der Waals surface area contributed by atoms with Crippen molar-refractivity contribution < 1.29 is 9.59 Å². The molecule has 110 valence electrons. The normalized spacial score (nSPS) is 10.4. The molecule has 2 rings (SSSR count). The molecule has 2 aromatic heterocycles. The first-order chi connectivity index (χ1) is 10.0. The zero-order valence-electron chi connectivity index (χ0n) is 11.6. The van der Waals surface area contributed by atoms with Crippen LogP contribution in [0.1, 0.15) is 41.2 Å². The summed E-state index contributed by atoms with van der Waals surface area (Å²) in [6.45, 7) is 3.77. The van der Waals surface area contributed by atoms with Crippen molar-refractivity contribution in [1.29, 1.82) is 0 Å². The highest BCUT2D eigenvalue weighted by molar-refractivity contribution is 7.14. The van der Waals surface area contributed by atoms with Gasteiger partial charge in [0.25, 0.3) is 11.5 Å². The average Bonchev–Trinajstić information content (AvgIpc) is 2.90. The summed E-state index contributed by atoms with van der Waals surface area (Å²) in [6.07, 6.45) is 0.742. The van der Waals surface area contributed by atoms with Gasteiger partial charge in [0.05, 0.1) is 0 Å². The summed E-state index contributed by atoms with van der Waals surface area (Å²) in [5, 5.41) is 8.46. The maximum Gasteiger partial charge on any atom is 0.277 e. The Hall–Kier alpha value is -2.35. The summed E-state index contributed by atoms with van der Waals surface area (Å²) >= 11 is 1.16. The number of thiazole rings is 1. The van der Waals surface area contributed by atoms with Gasteiger partial charge >= 0.3 is 0 Å². The van der Waals surface area contributed by atoms with E-state index in [1.165, 1.54) is 23.7 Å². The van der Waals surface area contributed by atoms with Gasteiger partial charge < -0.3 is 0 Å². The second-order valence-electron chi connectivity index (χ2n) is 4.33. The molecule has 0 aliphatic heterocycles. The van der Waals surface area contributed by atoms with Crippen LogP contribution in [0.5, 0.6) is 0 Å². The minimum absolute atomic E-state index is 0.127. The number of carbonyl (C=O) groups is 2. The first-order valence-corrected chi connectivity index (χ1v) is 7.25. The zero-order valence-corrected chi connectivity index (χ0v) is 12.4. The second-order valence-corrected chi connectivity index (χ2v) is 5.19. The topological polar surface area (TPSA) is 93.9 Å². The number of amides is 1. The van der Waals surface area contributed by atoms with E-state index in [4.69, 9.17) is 0 Å². The standard InChI is InChI=1S/C13H14N4O3S/c1-3-6-17-11(19)5-4-9(16-17)12(20)15-13-14-10(7-21-13)8(2)18/h4-5,7H,3,6H2,1-2H3,(H,14,15,20). The highest BCUT2D eigenvalue weighted by atomic mass is 32.1. The maximum absolute atomic E-state index is 12.1. The van der Waals surface area contributed by atoms with E-state index in [9.17, 15) is 14.4 Å². The fraction of sp³-hybridized carbons (Fsp3) is 0.308. The Bertz CT molecular complexity index is 735. The molecular formula is C13H14N4O3S. The number of aromatic nitrogens is 3. The number of aryl methyl sites for hydroxylation is 1. The summed E-state index contributed by atoms with van der Waals surface area (Å²) in [5.41, 5.74) is 0.184. The number of nitrogens with zero attached hydrogens (tertiary/aromatic N) is 3. The number of nitrogens with one attached hydrogen (secondary N) is 1. The van der Waals surface area contributed by atoms with Crippen molar-refractivity contribution in [1.82, 2.24) is 14.8 Å². The van der Waals surface area contributed by atoms with Crippen LogP contribution < -0.4 is 10.9 Å². The highest BCUT2D eigenvalue weighted by Crippen LogP contribution is 2.16. The van der Waals surface area contributed by atoms with Crippen molar-refractivity contribution in [3.63, 3.8) is 0 Å². The van der Waals surface area contributed by atoms with E-state index in [1.807, 2.05) is 6.92 Å². The number of rotatable bonds is 5. The van der Waals surface area contributed by atoms with Crippen LogP contribution in [0.15, 0.2) is 22.3 Å². The Morgan fingerprint density at radius 2 is 2.10 bits per heavy atom. The summed E-state index contributed by atoms with van der Waals surface area (Å²) in [6, 6.07) is 2.67. The minimum atomic E-state index is -0.468. The van der Waals surface area contributed by atoms with E-state index >= 15 is 0 Å². The molecular weight excluding hydrogens is 292 g/mol. The summed E-state index contributed by atoms with van der Waals surface area (Å²) < 4.78 is 1.25. The molecule has 2 aromatic rings. The highest BCUT2D eigenvalue weighted by Gasteiger charge is 2.13. The second kappa shape index (κ2) is 6.40. The molecule has 0 aliphatic rings. The largest absolute Gasteiger partial charge is 0.296 e. The average molecular weight is 306 g/mol. The van der Waals surface area contributed by atoms with Crippen molar-refractivity contribution in [3.8, 4) is 0 Å². The van der Waals surface area contributed by atoms with E-state index in [2.05, 4.69) is 15.4 Å². The molecule has 1 amide bonds. The van der Waals surface area contributed by atoms with Crippen LogP contribution in [0.25, 0.3) is 0 Å². The van der Waals surface area contributed by atoms with Gasteiger partial charge in [0.1, 0.15) is 11.4 Å². The van der Waals surface area contributed by atoms with E-state index in [1.54, 1.807) is 5.38 Å². The number of Topliss-reactive ketones (excluding diaryl/α,β-unsaturated/α-hetero) is 1. The number of hydrogen-bond acceptors (Lipinski definition) is 6. The Balaban J connectivity index is 2.17. The fourth-order valence-electron chi connectivity index (χ4n) is 1.60. The summed E-state index contributed by atoms with van der Waals surface area (Å²) in [4.78, 5) is 38.7. The third-order valence-electron chi connectivity index (χ3n) is 2.62. The van der Waals surface area contributed by atoms with Crippen molar-refractivity contribution in [3.05, 3.63) is 39.3 Å². The molecule has 0 aromatic carbocycles. The van der Waals surface area contributed by atoms with E-state index in [0.29, 0.717) is 17.4 Å². The van der Waals surface area contributed by atoms with Crippen LogP contribution in [0.4, 0.5) is 5.13 Å². The van der Waals surface area contributed by atoms with Gasteiger partial charge in [0, 0.05) is 24.9 Å². The Morgan fingerprint density at radius 3 is 2.71 bits per heavy atom. The van der Waals surface area contributed by atoms with Crippen LogP contribution in [0, 0.1) is 0 Å². The minimum Gasteiger partial charge on any atom is -0.296 e. The predicted molar refractivity (Wildman–Crippen MR) is 78.9 cm³/mol. The Labute approximate surface area is 124 Å². The molecule has 0 atom stereocenters. The summed E-state index contributed by atoms with van der Waals surface area (Å²) in [7, 11) is 0. The van der Waals surface area contributed by atoms with Crippen molar-refractivity contribution in [2.45, 2.75) is 26.8 Å². The molecule has 2 heterocycles. The van der Waals surface area contributed by atoms with Gasteiger partial charge in [0.15, 0.2) is 10.9 Å². The summed E-state index contributed by atoms with van der Waals surface area (Å²) in [5.74, 6) is -0.634. The van der Waals surface area contributed by atoms with Gasteiger partial charge in [-0.1, -0.05) is 6.92 Å².